The van der Waals surface area contributed by atoms with Gasteiger partial charge in [-0.25, -0.2) is 4.72 Å². The molecule has 0 aliphatic rings. The van der Waals surface area contributed by atoms with E-state index in [-0.39, 0.29) is 0 Å². The molecule has 0 radical (unpaired) electrons. The van der Waals surface area contributed by atoms with Crippen molar-refractivity contribution in [1.29, 1.82) is 0 Å². The van der Waals surface area contributed by atoms with Gasteiger partial charge in [0.05, 0.1) is 0 Å². The van der Waals surface area contributed by atoms with Crippen LogP contribution in [0, 0.1) is 5.92 Å². The third kappa shape index (κ3) is 10.1. The summed E-state index contributed by atoms with van der Waals surface area (Å²) < 4.78 is 22.3. The minimum atomic E-state index is -2.08. The van der Waals surface area contributed by atoms with E-state index in [2.05, 4.69) is 18.6 Å². The molecule has 1 atom stereocenters. The monoisotopic (exact) mass is 178 g/mol. The van der Waals surface area contributed by atoms with Crippen LogP contribution in [-0.2, 0) is 11.3 Å². The highest BCUT2D eigenvalue weighted by Gasteiger charge is 1.92. The second-order valence-corrected chi connectivity index (χ2v) is 3.78. The van der Waals surface area contributed by atoms with Crippen LogP contribution >= 0.6 is 0 Å². The van der Waals surface area contributed by atoms with Crippen LogP contribution < -0.4 is 4.72 Å². The van der Waals surface area contributed by atoms with E-state index in [1.54, 1.807) is 0 Å². The summed E-state index contributed by atoms with van der Waals surface area (Å²) in [4.78, 5) is 0. The van der Waals surface area contributed by atoms with Crippen LogP contribution in [0.5, 0.6) is 0 Å². The molecule has 3 nitrogen and oxygen atoms in total. The highest BCUT2D eigenvalue weighted by Crippen LogP contribution is 2.04. The Kier molecular flexibility index (Phi) is 6.80. The maximum Gasteiger partial charge on any atom is 0.0181 e. The molecule has 68 valence electrons. The van der Waals surface area contributed by atoms with Crippen LogP contribution in [0.4, 0.5) is 0 Å². The van der Waals surface area contributed by atoms with Crippen LogP contribution in [0.25, 0.3) is 0 Å². The van der Waals surface area contributed by atoms with Crippen LogP contribution in [0.15, 0.2) is 0 Å². The van der Waals surface area contributed by atoms with Crippen molar-refractivity contribution in [3.8, 4) is 0 Å². The summed E-state index contributed by atoms with van der Waals surface area (Å²) in [5, 5.41) is 0. The summed E-state index contributed by atoms with van der Waals surface area (Å²) in [7, 11) is 0. The molecule has 0 aliphatic heterocycles. The van der Waals surface area contributed by atoms with Crippen molar-refractivity contribution in [2.24, 2.45) is 5.92 Å². The molecule has 0 saturated carbocycles. The molecule has 1 N–H and O–H groups in total. The number of hydrogen-bond donors (Lipinski definition) is 1. The summed E-state index contributed by atoms with van der Waals surface area (Å²) in [5.74, 6) is 0.716. The molecule has 0 bridgehead atoms. The molecule has 11 heavy (non-hydrogen) atoms. The van der Waals surface area contributed by atoms with Crippen molar-refractivity contribution in [2.75, 3.05) is 6.54 Å². The molecule has 0 rings (SSSR count). The summed E-state index contributed by atoms with van der Waals surface area (Å²) in [6.45, 7) is 4.90. The Morgan fingerprint density at radius 3 is 2.55 bits per heavy atom. The van der Waals surface area contributed by atoms with Gasteiger partial charge < -0.3 is 4.55 Å². The van der Waals surface area contributed by atoms with Crippen molar-refractivity contribution in [2.45, 2.75) is 33.1 Å². The Morgan fingerprint density at radius 1 is 1.45 bits per heavy atom. The molecule has 0 aromatic rings. The zero-order chi connectivity index (χ0) is 8.69. The Bertz CT molecular complexity index is 117. The molecule has 4 heteroatoms. The molecule has 0 aromatic carbocycles. The molecule has 0 fully saturated rings. The quantitative estimate of drug-likeness (QED) is 0.491. The lowest BCUT2D eigenvalue weighted by molar-refractivity contribution is 0.509. The van der Waals surface area contributed by atoms with E-state index in [1.807, 2.05) is 0 Å². The fourth-order valence-corrected chi connectivity index (χ4v) is 1.14. The van der Waals surface area contributed by atoms with E-state index >= 15 is 0 Å². The summed E-state index contributed by atoms with van der Waals surface area (Å²) in [5.41, 5.74) is 0. The van der Waals surface area contributed by atoms with E-state index < -0.39 is 11.3 Å². The van der Waals surface area contributed by atoms with Gasteiger partial charge in [-0.3, -0.25) is 4.21 Å². The third-order valence-electron chi connectivity index (χ3n) is 1.43. The first-order valence-electron chi connectivity index (χ1n) is 3.95. The average Bonchev–Trinajstić information content (AvgIpc) is 1.85. The third-order valence-corrected chi connectivity index (χ3v) is 1.87. The maximum absolute atomic E-state index is 9.99. The summed E-state index contributed by atoms with van der Waals surface area (Å²) in [6.07, 6.45) is 3.21. The fourth-order valence-electron chi connectivity index (χ4n) is 0.833. The van der Waals surface area contributed by atoms with Crippen molar-refractivity contribution in [3.63, 3.8) is 0 Å². The van der Waals surface area contributed by atoms with E-state index in [0.29, 0.717) is 12.5 Å². The van der Waals surface area contributed by atoms with Gasteiger partial charge in [-0.2, -0.15) is 0 Å². The van der Waals surface area contributed by atoms with E-state index in [9.17, 15) is 8.76 Å². The molecular weight excluding hydrogens is 162 g/mol. The van der Waals surface area contributed by atoms with Crippen LogP contribution in [-0.4, -0.2) is 15.3 Å². The van der Waals surface area contributed by atoms with Gasteiger partial charge in [0, 0.05) is 17.8 Å². The van der Waals surface area contributed by atoms with Crippen molar-refractivity contribution in [1.82, 2.24) is 4.72 Å². The van der Waals surface area contributed by atoms with E-state index in [1.165, 1.54) is 6.42 Å². The largest absolute Gasteiger partial charge is 0.760 e. The Morgan fingerprint density at radius 2 is 2.09 bits per heavy atom. The molecule has 0 spiro atoms. The second-order valence-electron chi connectivity index (χ2n) is 3.02. The van der Waals surface area contributed by atoms with Gasteiger partial charge in [0.2, 0.25) is 0 Å². The molecule has 0 aliphatic carbocycles. The standard InChI is InChI=1S/C7H17NO2S/c1-7(2)5-3-4-6-8-11(9)10/h7-8H,3-6H2,1-2H3,(H,9,10)/p-1. The van der Waals surface area contributed by atoms with Gasteiger partial charge in [-0.05, 0) is 12.3 Å². The highest BCUT2D eigenvalue weighted by atomic mass is 32.2. The van der Waals surface area contributed by atoms with Crippen LogP contribution in [0.1, 0.15) is 33.1 Å². The van der Waals surface area contributed by atoms with Gasteiger partial charge in [-0.15, -0.1) is 0 Å². The lowest BCUT2D eigenvalue weighted by Crippen LogP contribution is -2.17. The first kappa shape index (κ1) is 11.1. The van der Waals surface area contributed by atoms with Crippen molar-refractivity contribution >= 4 is 11.3 Å². The second kappa shape index (κ2) is 6.76. The zero-order valence-electron chi connectivity index (χ0n) is 7.13. The molecule has 0 amide bonds. The lowest BCUT2D eigenvalue weighted by atomic mass is 10.1. The molecule has 1 unspecified atom stereocenters. The smallest absolute Gasteiger partial charge is 0.0181 e. The van der Waals surface area contributed by atoms with Crippen LogP contribution in [0.3, 0.4) is 0 Å². The Balaban J connectivity index is 2.97. The van der Waals surface area contributed by atoms with Gasteiger partial charge in [0.15, 0.2) is 0 Å². The normalized spacial score (nSPS) is 13.8. The number of nitrogens with one attached hydrogen (secondary N) is 1. The van der Waals surface area contributed by atoms with Crippen LogP contribution in [0.2, 0.25) is 0 Å². The molecule has 0 saturated heterocycles. The topological polar surface area (TPSA) is 52.2 Å². The van der Waals surface area contributed by atoms with E-state index in [4.69, 9.17) is 0 Å². The maximum atomic E-state index is 9.99. The van der Waals surface area contributed by atoms with Gasteiger partial charge in [-0.1, -0.05) is 26.7 Å². The fraction of sp³-hybridized carbons (Fsp3) is 1.00. The van der Waals surface area contributed by atoms with Gasteiger partial charge in [0.1, 0.15) is 0 Å². The predicted molar refractivity (Wildman–Crippen MR) is 45.6 cm³/mol. The number of rotatable bonds is 6. The first-order chi connectivity index (χ1) is 5.13. The Hall–Kier alpha value is 0.0700. The van der Waals surface area contributed by atoms with Crippen molar-refractivity contribution in [3.05, 3.63) is 0 Å². The molecular formula is C7H16NO2S-. The summed E-state index contributed by atoms with van der Waals surface area (Å²) in [6, 6.07) is 0. The average molecular weight is 178 g/mol. The Labute approximate surface area is 71.0 Å². The minimum absolute atomic E-state index is 0.572. The number of hydrogen-bond acceptors (Lipinski definition) is 2. The van der Waals surface area contributed by atoms with Gasteiger partial charge in [0.25, 0.3) is 0 Å². The minimum Gasteiger partial charge on any atom is -0.760 e. The summed E-state index contributed by atoms with van der Waals surface area (Å²) >= 11 is -2.08. The van der Waals surface area contributed by atoms with E-state index in [0.717, 1.165) is 12.8 Å². The molecule has 0 aromatic heterocycles. The predicted octanol–water partition coefficient (Wildman–Crippen LogP) is 1.20. The zero-order valence-corrected chi connectivity index (χ0v) is 7.95. The number of unbranched alkanes of at least 4 members (excludes halogenated alkanes) is 1. The lowest BCUT2D eigenvalue weighted by Gasteiger charge is -2.07. The van der Waals surface area contributed by atoms with Gasteiger partial charge >= 0.3 is 0 Å². The highest BCUT2D eigenvalue weighted by molar-refractivity contribution is 7.77. The SMILES string of the molecule is CC(C)CCCCNS(=O)[O-]. The first-order valence-corrected chi connectivity index (χ1v) is 5.03. The van der Waals surface area contributed by atoms with Crippen molar-refractivity contribution < 1.29 is 8.76 Å². The molecule has 0 heterocycles.